The van der Waals surface area contributed by atoms with Crippen molar-refractivity contribution in [1.29, 1.82) is 5.26 Å². The average Bonchev–Trinajstić information content (AvgIpc) is 3.07. The summed E-state index contributed by atoms with van der Waals surface area (Å²) < 4.78 is 2.18. The molecule has 0 spiro atoms. The lowest BCUT2D eigenvalue weighted by atomic mass is 10.00. The van der Waals surface area contributed by atoms with Crippen molar-refractivity contribution in [3.8, 4) is 6.07 Å². The number of imidazole rings is 1. The van der Waals surface area contributed by atoms with Gasteiger partial charge >= 0.3 is 0 Å². The highest BCUT2D eigenvalue weighted by atomic mass is 15.1. The highest BCUT2D eigenvalue weighted by molar-refractivity contribution is 5.66. The summed E-state index contributed by atoms with van der Waals surface area (Å²) >= 11 is 0. The minimum Gasteiger partial charge on any atom is -0.329 e. The first-order chi connectivity index (χ1) is 14.7. The maximum atomic E-state index is 8.97. The standard InChI is InChI=1S/C26H28N4/c1-20-6-12-23(13-7-20)24-4-2-3-5-25(14-24)29-17-26-16-28-19-30(26)18-22-10-8-21(15-27)9-11-22/h6-14,16,19,25,29H,2-5,17-18H2,1H3. The quantitative estimate of drug-likeness (QED) is 0.621. The molecule has 0 aliphatic heterocycles. The Morgan fingerprint density at radius 3 is 2.67 bits per heavy atom. The van der Waals surface area contributed by atoms with Crippen LogP contribution in [0, 0.1) is 18.3 Å². The molecule has 0 fully saturated rings. The fourth-order valence-corrected chi connectivity index (χ4v) is 4.01. The molecule has 152 valence electrons. The summed E-state index contributed by atoms with van der Waals surface area (Å²) in [5, 5.41) is 12.7. The van der Waals surface area contributed by atoms with Crippen LogP contribution in [-0.2, 0) is 13.1 Å². The van der Waals surface area contributed by atoms with Crippen LogP contribution in [-0.4, -0.2) is 15.6 Å². The van der Waals surface area contributed by atoms with Crippen molar-refractivity contribution in [3.63, 3.8) is 0 Å². The Morgan fingerprint density at radius 1 is 1.10 bits per heavy atom. The fourth-order valence-electron chi connectivity index (χ4n) is 4.01. The Labute approximate surface area is 178 Å². The van der Waals surface area contributed by atoms with E-state index in [0.717, 1.165) is 19.5 Å². The van der Waals surface area contributed by atoms with Crippen LogP contribution >= 0.6 is 0 Å². The molecule has 0 saturated heterocycles. The molecule has 1 heterocycles. The second-order valence-corrected chi connectivity index (χ2v) is 8.11. The van der Waals surface area contributed by atoms with Gasteiger partial charge in [0, 0.05) is 25.3 Å². The highest BCUT2D eigenvalue weighted by Crippen LogP contribution is 2.26. The van der Waals surface area contributed by atoms with Crippen molar-refractivity contribution in [2.45, 2.75) is 51.7 Å². The van der Waals surface area contributed by atoms with Gasteiger partial charge in [0.15, 0.2) is 0 Å². The molecular weight excluding hydrogens is 368 g/mol. The molecule has 4 heteroatoms. The molecule has 30 heavy (non-hydrogen) atoms. The Balaban J connectivity index is 1.42. The summed E-state index contributed by atoms with van der Waals surface area (Å²) in [6.07, 6.45) is 11.1. The molecule has 0 amide bonds. The van der Waals surface area contributed by atoms with Gasteiger partial charge in [-0.3, -0.25) is 0 Å². The third-order valence-corrected chi connectivity index (χ3v) is 5.82. The van der Waals surface area contributed by atoms with Crippen molar-refractivity contribution in [2.75, 3.05) is 0 Å². The normalized spacial score (nSPS) is 16.5. The fraction of sp³-hybridized carbons (Fsp3) is 0.308. The van der Waals surface area contributed by atoms with Gasteiger partial charge in [0.1, 0.15) is 0 Å². The van der Waals surface area contributed by atoms with E-state index >= 15 is 0 Å². The first-order valence-corrected chi connectivity index (χ1v) is 10.7. The van der Waals surface area contributed by atoms with E-state index in [2.05, 4.69) is 58.2 Å². The monoisotopic (exact) mass is 396 g/mol. The number of nitrogens with one attached hydrogen (secondary N) is 1. The molecular formula is C26H28N4. The van der Waals surface area contributed by atoms with Gasteiger partial charge in [-0.05, 0) is 55.0 Å². The maximum Gasteiger partial charge on any atom is 0.0991 e. The molecule has 3 aromatic rings. The molecule has 4 nitrogen and oxygen atoms in total. The zero-order valence-electron chi connectivity index (χ0n) is 17.5. The van der Waals surface area contributed by atoms with E-state index in [9.17, 15) is 0 Å². The van der Waals surface area contributed by atoms with Crippen molar-refractivity contribution in [2.24, 2.45) is 0 Å². The van der Waals surface area contributed by atoms with Gasteiger partial charge in [0.2, 0.25) is 0 Å². The van der Waals surface area contributed by atoms with Crippen LogP contribution in [0.25, 0.3) is 5.57 Å². The van der Waals surface area contributed by atoms with Gasteiger partial charge < -0.3 is 9.88 Å². The summed E-state index contributed by atoms with van der Waals surface area (Å²) in [6, 6.07) is 19.2. The molecule has 0 radical (unpaired) electrons. The molecule has 2 aromatic carbocycles. The molecule has 1 aliphatic rings. The predicted molar refractivity (Wildman–Crippen MR) is 121 cm³/mol. The molecule has 0 bridgehead atoms. The first-order valence-electron chi connectivity index (χ1n) is 10.7. The molecule has 1 aromatic heterocycles. The number of allylic oxidation sites excluding steroid dienone is 1. The van der Waals surface area contributed by atoms with Crippen LogP contribution in [0.2, 0.25) is 0 Å². The van der Waals surface area contributed by atoms with Crippen LogP contribution < -0.4 is 5.32 Å². The molecule has 1 atom stereocenters. The number of aromatic nitrogens is 2. The summed E-state index contributed by atoms with van der Waals surface area (Å²) in [6.45, 7) is 3.69. The number of rotatable bonds is 6. The van der Waals surface area contributed by atoms with Crippen LogP contribution in [0.4, 0.5) is 0 Å². The summed E-state index contributed by atoms with van der Waals surface area (Å²) in [7, 11) is 0. The van der Waals surface area contributed by atoms with E-state index in [4.69, 9.17) is 5.26 Å². The Bertz CT molecular complexity index is 1040. The third-order valence-electron chi connectivity index (χ3n) is 5.82. The second-order valence-electron chi connectivity index (χ2n) is 8.11. The van der Waals surface area contributed by atoms with Crippen molar-refractivity contribution < 1.29 is 0 Å². The first kappa shape index (κ1) is 20.1. The highest BCUT2D eigenvalue weighted by Gasteiger charge is 2.14. The third kappa shape index (κ3) is 5.06. The van der Waals surface area contributed by atoms with Gasteiger partial charge in [0.25, 0.3) is 0 Å². The van der Waals surface area contributed by atoms with Crippen molar-refractivity contribution in [3.05, 3.63) is 95.1 Å². The predicted octanol–water partition coefficient (Wildman–Crippen LogP) is 5.23. The lowest BCUT2D eigenvalue weighted by Gasteiger charge is -2.16. The molecule has 1 N–H and O–H groups in total. The number of nitrogens with zero attached hydrogens (tertiary/aromatic N) is 3. The SMILES string of the molecule is Cc1ccc(C2=CC(NCc3cncn3Cc3ccc(C#N)cc3)CCCC2)cc1. The van der Waals surface area contributed by atoms with E-state index in [-0.39, 0.29) is 0 Å². The largest absolute Gasteiger partial charge is 0.329 e. The zero-order chi connectivity index (χ0) is 20.8. The number of nitriles is 1. The van der Waals surface area contributed by atoms with Crippen LogP contribution in [0.1, 0.15) is 53.6 Å². The number of hydrogen-bond donors (Lipinski definition) is 1. The Morgan fingerprint density at radius 2 is 1.90 bits per heavy atom. The van der Waals surface area contributed by atoms with Crippen molar-refractivity contribution in [1.82, 2.24) is 14.9 Å². The Hall–Kier alpha value is -3.16. The lowest BCUT2D eigenvalue weighted by molar-refractivity contribution is 0.525. The van der Waals surface area contributed by atoms with Crippen molar-refractivity contribution >= 4 is 5.57 Å². The van der Waals surface area contributed by atoms with Gasteiger partial charge in [-0.2, -0.15) is 5.26 Å². The molecule has 1 aliphatic carbocycles. The van der Waals surface area contributed by atoms with Gasteiger partial charge in [0.05, 0.1) is 23.7 Å². The number of aryl methyl sites for hydroxylation is 1. The molecule has 0 saturated carbocycles. The minimum atomic E-state index is 0.377. The number of benzene rings is 2. The smallest absolute Gasteiger partial charge is 0.0991 e. The minimum absolute atomic E-state index is 0.377. The van der Waals surface area contributed by atoms with E-state index < -0.39 is 0 Å². The van der Waals surface area contributed by atoms with Gasteiger partial charge in [-0.25, -0.2) is 4.98 Å². The topological polar surface area (TPSA) is 53.6 Å². The van der Waals surface area contributed by atoms with Gasteiger partial charge in [-0.1, -0.05) is 54.5 Å². The average molecular weight is 397 g/mol. The summed E-state index contributed by atoms with van der Waals surface area (Å²) in [4.78, 5) is 4.36. The van der Waals surface area contributed by atoms with Crippen LogP contribution in [0.15, 0.2) is 67.1 Å². The molecule has 1 unspecified atom stereocenters. The molecule has 4 rings (SSSR count). The van der Waals surface area contributed by atoms with E-state index in [0.29, 0.717) is 11.6 Å². The summed E-state index contributed by atoms with van der Waals surface area (Å²) in [5.74, 6) is 0. The van der Waals surface area contributed by atoms with E-state index in [1.54, 1.807) is 0 Å². The Kier molecular flexibility index (Phi) is 6.41. The lowest BCUT2D eigenvalue weighted by Crippen LogP contribution is -2.27. The van der Waals surface area contributed by atoms with Crippen LogP contribution in [0.5, 0.6) is 0 Å². The van der Waals surface area contributed by atoms with E-state index in [1.165, 1.54) is 47.2 Å². The van der Waals surface area contributed by atoms with E-state index in [1.807, 2.05) is 36.8 Å². The number of hydrogen-bond acceptors (Lipinski definition) is 3. The van der Waals surface area contributed by atoms with Crippen LogP contribution in [0.3, 0.4) is 0 Å². The second kappa shape index (κ2) is 9.56. The van der Waals surface area contributed by atoms with Gasteiger partial charge in [-0.15, -0.1) is 0 Å². The zero-order valence-corrected chi connectivity index (χ0v) is 17.5. The summed E-state index contributed by atoms with van der Waals surface area (Å²) in [5.41, 5.74) is 7.14. The maximum absolute atomic E-state index is 8.97.